The third kappa shape index (κ3) is 5.28. The highest BCUT2D eigenvalue weighted by Gasteiger charge is 2.08. The SMILES string of the molecule is COCCOCCCN(C)c1ccccc1C(=N)N. The van der Waals surface area contributed by atoms with Crippen molar-refractivity contribution in [2.45, 2.75) is 6.42 Å². The number of para-hydroxylation sites is 1. The van der Waals surface area contributed by atoms with Crippen LogP contribution in [0.1, 0.15) is 12.0 Å². The van der Waals surface area contributed by atoms with Gasteiger partial charge in [0.1, 0.15) is 5.84 Å². The summed E-state index contributed by atoms with van der Waals surface area (Å²) in [6, 6.07) is 7.68. The molecule has 0 fully saturated rings. The van der Waals surface area contributed by atoms with Gasteiger partial charge >= 0.3 is 0 Å². The van der Waals surface area contributed by atoms with Crippen LogP contribution in [0.25, 0.3) is 0 Å². The molecule has 0 aliphatic heterocycles. The lowest BCUT2D eigenvalue weighted by Gasteiger charge is -2.22. The maximum atomic E-state index is 7.57. The zero-order valence-electron chi connectivity index (χ0n) is 11.7. The first-order valence-electron chi connectivity index (χ1n) is 6.38. The number of nitrogen functional groups attached to an aromatic ring is 1. The predicted molar refractivity (Wildman–Crippen MR) is 78.0 cm³/mol. The molecule has 0 aliphatic carbocycles. The molecule has 0 spiro atoms. The van der Waals surface area contributed by atoms with Crippen molar-refractivity contribution in [3.05, 3.63) is 29.8 Å². The van der Waals surface area contributed by atoms with Crippen LogP contribution in [-0.4, -0.2) is 46.4 Å². The lowest BCUT2D eigenvalue weighted by atomic mass is 10.1. The second-order valence-electron chi connectivity index (χ2n) is 4.31. The van der Waals surface area contributed by atoms with Gasteiger partial charge < -0.3 is 20.1 Å². The number of benzene rings is 1. The molecule has 0 saturated carbocycles. The van der Waals surface area contributed by atoms with Crippen LogP contribution in [0.15, 0.2) is 24.3 Å². The number of amidine groups is 1. The van der Waals surface area contributed by atoms with Crippen molar-refractivity contribution in [3.8, 4) is 0 Å². The number of nitrogens with zero attached hydrogens (tertiary/aromatic N) is 1. The minimum atomic E-state index is 0.0961. The summed E-state index contributed by atoms with van der Waals surface area (Å²) < 4.78 is 10.3. The van der Waals surface area contributed by atoms with Crippen molar-refractivity contribution in [2.24, 2.45) is 5.73 Å². The summed E-state index contributed by atoms with van der Waals surface area (Å²) >= 11 is 0. The molecule has 0 heterocycles. The Hall–Kier alpha value is -1.59. The number of methoxy groups -OCH3 is 1. The molecule has 0 aromatic heterocycles. The summed E-state index contributed by atoms with van der Waals surface area (Å²) in [4.78, 5) is 2.09. The average molecular weight is 265 g/mol. The van der Waals surface area contributed by atoms with Crippen molar-refractivity contribution < 1.29 is 9.47 Å². The van der Waals surface area contributed by atoms with E-state index in [2.05, 4.69) is 4.90 Å². The fourth-order valence-corrected chi connectivity index (χ4v) is 1.80. The molecule has 0 radical (unpaired) electrons. The minimum Gasteiger partial charge on any atom is -0.384 e. The van der Waals surface area contributed by atoms with Gasteiger partial charge in [-0.05, 0) is 18.6 Å². The van der Waals surface area contributed by atoms with Gasteiger partial charge in [0.15, 0.2) is 0 Å². The quantitative estimate of drug-likeness (QED) is 0.403. The summed E-state index contributed by atoms with van der Waals surface area (Å²) in [5, 5.41) is 7.57. The molecule has 3 N–H and O–H groups in total. The number of ether oxygens (including phenoxy) is 2. The van der Waals surface area contributed by atoms with Gasteiger partial charge in [-0.2, -0.15) is 0 Å². The molecular formula is C14H23N3O2. The van der Waals surface area contributed by atoms with Gasteiger partial charge in [0.2, 0.25) is 0 Å². The van der Waals surface area contributed by atoms with Gasteiger partial charge in [0, 0.05) is 38.6 Å². The van der Waals surface area contributed by atoms with E-state index in [-0.39, 0.29) is 5.84 Å². The number of rotatable bonds is 9. The van der Waals surface area contributed by atoms with E-state index in [4.69, 9.17) is 20.6 Å². The smallest absolute Gasteiger partial charge is 0.124 e. The van der Waals surface area contributed by atoms with Crippen molar-refractivity contribution in [1.29, 1.82) is 5.41 Å². The molecule has 0 atom stereocenters. The van der Waals surface area contributed by atoms with Crippen LogP contribution < -0.4 is 10.6 Å². The van der Waals surface area contributed by atoms with Crippen LogP contribution in [0.5, 0.6) is 0 Å². The van der Waals surface area contributed by atoms with E-state index in [0.29, 0.717) is 19.8 Å². The average Bonchev–Trinajstić information content (AvgIpc) is 2.42. The highest BCUT2D eigenvalue weighted by molar-refractivity contribution is 6.00. The van der Waals surface area contributed by atoms with Crippen LogP contribution in [0.2, 0.25) is 0 Å². The molecule has 0 unspecified atom stereocenters. The van der Waals surface area contributed by atoms with Crippen molar-refractivity contribution in [1.82, 2.24) is 0 Å². The number of hydrogen-bond donors (Lipinski definition) is 2. The molecule has 0 saturated heterocycles. The largest absolute Gasteiger partial charge is 0.384 e. The molecular weight excluding hydrogens is 242 g/mol. The monoisotopic (exact) mass is 265 g/mol. The second-order valence-corrected chi connectivity index (χ2v) is 4.31. The predicted octanol–water partition coefficient (Wildman–Crippen LogP) is 1.46. The van der Waals surface area contributed by atoms with Gasteiger partial charge in [-0.25, -0.2) is 0 Å². The zero-order valence-corrected chi connectivity index (χ0v) is 11.7. The molecule has 1 aromatic carbocycles. The summed E-state index contributed by atoms with van der Waals surface area (Å²) in [5.41, 5.74) is 7.33. The normalized spacial score (nSPS) is 10.4. The van der Waals surface area contributed by atoms with Crippen LogP contribution in [0.3, 0.4) is 0 Å². The molecule has 0 aliphatic rings. The molecule has 106 valence electrons. The van der Waals surface area contributed by atoms with E-state index in [0.717, 1.165) is 24.2 Å². The Morgan fingerprint density at radius 1 is 1.26 bits per heavy atom. The number of anilines is 1. The first-order valence-corrected chi connectivity index (χ1v) is 6.38. The van der Waals surface area contributed by atoms with Gasteiger partial charge in [-0.15, -0.1) is 0 Å². The molecule has 1 rings (SSSR count). The second kappa shape index (κ2) is 8.50. The Kier molecular flexibility index (Phi) is 6.92. The summed E-state index contributed by atoms with van der Waals surface area (Å²) in [5.74, 6) is 0.0961. The molecule has 1 aromatic rings. The first kappa shape index (κ1) is 15.5. The van der Waals surface area contributed by atoms with Crippen molar-refractivity contribution in [2.75, 3.05) is 45.4 Å². The maximum Gasteiger partial charge on any atom is 0.124 e. The van der Waals surface area contributed by atoms with Crippen LogP contribution in [0, 0.1) is 5.41 Å². The molecule has 0 amide bonds. The highest BCUT2D eigenvalue weighted by atomic mass is 16.5. The summed E-state index contributed by atoms with van der Waals surface area (Å²) in [6.07, 6.45) is 0.923. The summed E-state index contributed by atoms with van der Waals surface area (Å²) in [7, 11) is 3.66. The fourth-order valence-electron chi connectivity index (χ4n) is 1.80. The Labute approximate surface area is 114 Å². The fraction of sp³-hybridized carbons (Fsp3) is 0.500. The Morgan fingerprint density at radius 2 is 2.00 bits per heavy atom. The third-order valence-corrected chi connectivity index (χ3v) is 2.82. The Morgan fingerprint density at radius 3 is 2.68 bits per heavy atom. The standard InChI is InChI=1S/C14H23N3O2/c1-17(8-5-9-19-11-10-18-2)13-7-4-3-6-12(13)14(15)16/h3-4,6-7H,5,8-11H2,1-2H3,(H3,15,16). The highest BCUT2D eigenvalue weighted by Crippen LogP contribution is 2.18. The van der Waals surface area contributed by atoms with Crippen molar-refractivity contribution in [3.63, 3.8) is 0 Å². The Balaban J connectivity index is 2.41. The van der Waals surface area contributed by atoms with E-state index in [1.165, 1.54) is 0 Å². The summed E-state index contributed by atoms with van der Waals surface area (Å²) in [6.45, 7) is 2.82. The van der Waals surface area contributed by atoms with E-state index < -0.39 is 0 Å². The molecule has 0 bridgehead atoms. The van der Waals surface area contributed by atoms with Gasteiger partial charge in [-0.3, -0.25) is 5.41 Å². The van der Waals surface area contributed by atoms with E-state index in [1.54, 1.807) is 7.11 Å². The molecule has 5 nitrogen and oxygen atoms in total. The number of hydrogen-bond acceptors (Lipinski definition) is 4. The van der Waals surface area contributed by atoms with E-state index in [9.17, 15) is 0 Å². The number of nitrogens with two attached hydrogens (primary N) is 1. The van der Waals surface area contributed by atoms with Crippen LogP contribution in [0.4, 0.5) is 5.69 Å². The molecule has 5 heteroatoms. The molecule has 19 heavy (non-hydrogen) atoms. The lowest BCUT2D eigenvalue weighted by molar-refractivity contribution is 0.0701. The van der Waals surface area contributed by atoms with Crippen LogP contribution in [-0.2, 0) is 9.47 Å². The lowest BCUT2D eigenvalue weighted by Crippen LogP contribution is -2.24. The maximum absolute atomic E-state index is 7.57. The van der Waals surface area contributed by atoms with Gasteiger partial charge in [0.25, 0.3) is 0 Å². The number of nitrogens with one attached hydrogen (secondary N) is 1. The zero-order chi connectivity index (χ0) is 14.1. The topological polar surface area (TPSA) is 71.6 Å². The van der Waals surface area contributed by atoms with E-state index >= 15 is 0 Å². The Bertz CT molecular complexity index is 396. The van der Waals surface area contributed by atoms with E-state index in [1.807, 2.05) is 31.3 Å². The van der Waals surface area contributed by atoms with Crippen LogP contribution >= 0.6 is 0 Å². The van der Waals surface area contributed by atoms with Crippen molar-refractivity contribution >= 4 is 11.5 Å². The minimum absolute atomic E-state index is 0.0961. The van der Waals surface area contributed by atoms with Gasteiger partial charge in [0.05, 0.1) is 13.2 Å². The third-order valence-electron chi connectivity index (χ3n) is 2.82. The first-order chi connectivity index (χ1) is 9.16. The van der Waals surface area contributed by atoms with Gasteiger partial charge in [-0.1, -0.05) is 12.1 Å².